The van der Waals surface area contributed by atoms with Gasteiger partial charge in [0.25, 0.3) is 5.91 Å². The van der Waals surface area contributed by atoms with Crippen molar-refractivity contribution in [3.05, 3.63) is 29.8 Å². The lowest BCUT2D eigenvalue weighted by Gasteiger charge is -2.23. The van der Waals surface area contributed by atoms with Crippen molar-refractivity contribution in [1.29, 1.82) is 0 Å². The zero-order valence-corrected chi connectivity index (χ0v) is 13.4. The number of hydrogen-bond donors (Lipinski definition) is 0. The second-order valence-corrected chi connectivity index (χ2v) is 4.66. The third-order valence-electron chi connectivity index (χ3n) is 3.06. The summed E-state index contributed by atoms with van der Waals surface area (Å²) in [6.45, 7) is 8.76. The van der Waals surface area contributed by atoms with Crippen molar-refractivity contribution in [3.8, 4) is 17.2 Å². The molecule has 0 saturated heterocycles. The molecule has 0 spiro atoms. The molecule has 0 fully saturated rings. The molecule has 1 rings (SSSR count). The standard InChI is InChI=1S/C16H23NO4/c1-7-17(10-11(2)3)16(18)12-8-9-13(19-4)15(21-6)14(12)20-5/h8-9H,2,7,10H2,1,3-6H3. The molecule has 0 aliphatic carbocycles. The molecule has 0 atom stereocenters. The Morgan fingerprint density at radius 2 is 1.76 bits per heavy atom. The Morgan fingerprint density at radius 1 is 1.14 bits per heavy atom. The van der Waals surface area contributed by atoms with E-state index in [1.165, 1.54) is 21.3 Å². The van der Waals surface area contributed by atoms with Gasteiger partial charge in [0.15, 0.2) is 11.5 Å². The number of carbonyl (C=O) groups excluding carboxylic acids is 1. The summed E-state index contributed by atoms with van der Waals surface area (Å²) in [4.78, 5) is 14.4. The number of benzene rings is 1. The predicted octanol–water partition coefficient (Wildman–Crippen LogP) is 2.75. The first-order valence-corrected chi connectivity index (χ1v) is 6.72. The van der Waals surface area contributed by atoms with E-state index in [1.54, 1.807) is 17.0 Å². The van der Waals surface area contributed by atoms with E-state index in [2.05, 4.69) is 6.58 Å². The molecule has 0 N–H and O–H groups in total. The fourth-order valence-corrected chi connectivity index (χ4v) is 2.09. The Hall–Kier alpha value is -2.17. The van der Waals surface area contributed by atoms with Gasteiger partial charge in [-0.1, -0.05) is 12.2 Å². The normalized spacial score (nSPS) is 9.95. The maximum absolute atomic E-state index is 12.7. The van der Waals surface area contributed by atoms with Gasteiger partial charge < -0.3 is 19.1 Å². The summed E-state index contributed by atoms with van der Waals surface area (Å²) >= 11 is 0. The van der Waals surface area contributed by atoms with Crippen LogP contribution in [0.5, 0.6) is 17.2 Å². The molecule has 0 aliphatic rings. The molecule has 5 nitrogen and oxygen atoms in total. The molecule has 0 heterocycles. The third-order valence-corrected chi connectivity index (χ3v) is 3.06. The largest absolute Gasteiger partial charge is 0.493 e. The average molecular weight is 293 g/mol. The van der Waals surface area contributed by atoms with E-state index in [0.29, 0.717) is 35.9 Å². The molecule has 1 aromatic carbocycles. The Bertz CT molecular complexity index is 525. The highest BCUT2D eigenvalue weighted by molar-refractivity contribution is 5.98. The molecule has 21 heavy (non-hydrogen) atoms. The van der Waals surface area contributed by atoms with Crippen molar-refractivity contribution in [3.63, 3.8) is 0 Å². The van der Waals surface area contributed by atoms with Crippen molar-refractivity contribution in [2.75, 3.05) is 34.4 Å². The highest BCUT2D eigenvalue weighted by atomic mass is 16.5. The number of amides is 1. The monoisotopic (exact) mass is 293 g/mol. The molecule has 0 unspecified atom stereocenters. The fourth-order valence-electron chi connectivity index (χ4n) is 2.09. The lowest BCUT2D eigenvalue weighted by atomic mass is 10.1. The van der Waals surface area contributed by atoms with Gasteiger partial charge >= 0.3 is 0 Å². The second-order valence-electron chi connectivity index (χ2n) is 4.66. The number of likely N-dealkylation sites (N-methyl/N-ethyl adjacent to an activating group) is 1. The van der Waals surface area contributed by atoms with E-state index in [9.17, 15) is 4.79 Å². The van der Waals surface area contributed by atoms with Crippen LogP contribution in [0.15, 0.2) is 24.3 Å². The lowest BCUT2D eigenvalue weighted by molar-refractivity contribution is 0.0774. The zero-order valence-electron chi connectivity index (χ0n) is 13.4. The van der Waals surface area contributed by atoms with Gasteiger partial charge in [-0.2, -0.15) is 0 Å². The van der Waals surface area contributed by atoms with Gasteiger partial charge in [-0.3, -0.25) is 4.79 Å². The van der Waals surface area contributed by atoms with Gasteiger partial charge in [0.2, 0.25) is 5.75 Å². The van der Waals surface area contributed by atoms with Crippen molar-refractivity contribution in [2.45, 2.75) is 13.8 Å². The number of ether oxygens (including phenoxy) is 3. The lowest BCUT2D eigenvalue weighted by Crippen LogP contribution is -2.32. The van der Waals surface area contributed by atoms with Gasteiger partial charge in [0.1, 0.15) is 0 Å². The van der Waals surface area contributed by atoms with Gasteiger partial charge in [-0.25, -0.2) is 0 Å². The molecular weight excluding hydrogens is 270 g/mol. The molecule has 5 heteroatoms. The van der Waals surface area contributed by atoms with Crippen molar-refractivity contribution in [1.82, 2.24) is 4.90 Å². The molecule has 0 bridgehead atoms. The van der Waals surface area contributed by atoms with E-state index in [0.717, 1.165) is 5.57 Å². The molecule has 116 valence electrons. The Balaban J connectivity index is 3.28. The van der Waals surface area contributed by atoms with E-state index >= 15 is 0 Å². The number of nitrogens with zero attached hydrogens (tertiary/aromatic N) is 1. The van der Waals surface area contributed by atoms with Crippen LogP contribution in [0.4, 0.5) is 0 Å². The van der Waals surface area contributed by atoms with Gasteiger partial charge in [-0.05, 0) is 26.0 Å². The summed E-state index contributed by atoms with van der Waals surface area (Å²) in [5.74, 6) is 1.19. The van der Waals surface area contributed by atoms with Crippen LogP contribution in [0.25, 0.3) is 0 Å². The zero-order chi connectivity index (χ0) is 16.0. The van der Waals surface area contributed by atoms with Crippen LogP contribution in [-0.4, -0.2) is 45.2 Å². The van der Waals surface area contributed by atoms with Crippen LogP contribution in [0.1, 0.15) is 24.2 Å². The Kier molecular flexibility index (Phi) is 6.09. The SMILES string of the molecule is C=C(C)CN(CC)C(=O)c1ccc(OC)c(OC)c1OC. The van der Waals surface area contributed by atoms with Crippen LogP contribution in [0.2, 0.25) is 0 Å². The molecule has 0 saturated carbocycles. The number of rotatable bonds is 7. The van der Waals surface area contributed by atoms with Crippen molar-refractivity contribution < 1.29 is 19.0 Å². The predicted molar refractivity (Wildman–Crippen MR) is 82.5 cm³/mol. The molecule has 0 aliphatic heterocycles. The highest BCUT2D eigenvalue weighted by Crippen LogP contribution is 2.40. The number of methoxy groups -OCH3 is 3. The highest BCUT2D eigenvalue weighted by Gasteiger charge is 2.23. The van der Waals surface area contributed by atoms with E-state index in [4.69, 9.17) is 14.2 Å². The minimum absolute atomic E-state index is 0.127. The first-order valence-electron chi connectivity index (χ1n) is 6.72. The maximum atomic E-state index is 12.7. The fraction of sp³-hybridized carbons (Fsp3) is 0.438. The van der Waals surface area contributed by atoms with Crippen LogP contribution < -0.4 is 14.2 Å². The van der Waals surface area contributed by atoms with Crippen molar-refractivity contribution in [2.24, 2.45) is 0 Å². The van der Waals surface area contributed by atoms with E-state index in [-0.39, 0.29) is 5.91 Å². The topological polar surface area (TPSA) is 48.0 Å². The molecule has 0 radical (unpaired) electrons. The first kappa shape index (κ1) is 16.9. The van der Waals surface area contributed by atoms with Gasteiger partial charge in [0.05, 0.1) is 26.9 Å². The summed E-state index contributed by atoms with van der Waals surface area (Å²) in [6, 6.07) is 3.38. The van der Waals surface area contributed by atoms with Crippen LogP contribution in [0, 0.1) is 0 Å². The van der Waals surface area contributed by atoms with Crippen LogP contribution >= 0.6 is 0 Å². The van der Waals surface area contributed by atoms with E-state index < -0.39 is 0 Å². The first-order chi connectivity index (χ1) is 9.99. The number of hydrogen-bond acceptors (Lipinski definition) is 4. The van der Waals surface area contributed by atoms with E-state index in [1.807, 2.05) is 13.8 Å². The Labute approximate surface area is 126 Å². The second kappa shape index (κ2) is 7.57. The minimum Gasteiger partial charge on any atom is -0.493 e. The van der Waals surface area contributed by atoms with Crippen LogP contribution in [-0.2, 0) is 0 Å². The quantitative estimate of drug-likeness (QED) is 0.725. The third kappa shape index (κ3) is 3.68. The summed E-state index contributed by atoms with van der Waals surface area (Å²) in [7, 11) is 4.56. The summed E-state index contributed by atoms with van der Waals surface area (Å²) in [5, 5.41) is 0. The smallest absolute Gasteiger partial charge is 0.258 e. The molecule has 1 aromatic rings. The van der Waals surface area contributed by atoms with Gasteiger partial charge in [0, 0.05) is 13.1 Å². The number of carbonyl (C=O) groups is 1. The van der Waals surface area contributed by atoms with Gasteiger partial charge in [-0.15, -0.1) is 0 Å². The summed E-state index contributed by atoms with van der Waals surface area (Å²) < 4.78 is 15.9. The summed E-state index contributed by atoms with van der Waals surface area (Å²) in [5.41, 5.74) is 1.36. The van der Waals surface area contributed by atoms with Crippen molar-refractivity contribution >= 4 is 5.91 Å². The molecule has 0 aromatic heterocycles. The average Bonchev–Trinajstić information content (AvgIpc) is 2.49. The maximum Gasteiger partial charge on any atom is 0.258 e. The van der Waals surface area contributed by atoms with Crippen LogP contribution in [0.3, 0.4) is 0 Å². The summed E-state index contributed by atoms with van der Waals surface area (Å²) in [6.07, 6.45) is 0. The molecular formula is C16H23NO4. The molecule has 1 amide bonds. The Morgan fingerprint density at radius 3 is 2.19 bits per heavy atom. The minimum atomic E-state index is -0.127.